The van der Waals surface area contributed by atoms with Crippen molar-refractivity contribution >= 4 is 38.5 Å². The van der Waals surface area contributed by atoms with E-state index in [1.807, 2.05) is 19.2 Å². The number of rotatable bonds is 4. The summed E-state index contributed by atoms with van der Waals surface area (Å²) in [7, 11) is 2.02. The van der Waals surface area contributed by atoms with Gasteiger partial charge in [-0.1, -0.05) is 55.3 Å². The maximum absolute atomic E-state index is 12.8. The molecule has 0 unspecified atom stereocenters. The molecule has 0 N–H and O–H groups in total. The van der Waals surface area contributed by atoms with Gasteiger partial charge >= 0.3 is 5.97 Å². The summed E-state index contributed by atoms with van der Waals surface area (Å²) in [5, 5.41) is 4.55. The van der Waals surface area contributed by atoms with Crippen molar-refractivity contribution in [3.8, 4) is 0 Å². The summed E-state index contributed by atoms with van der Waals surface area (Å²) in [6.45, 7) is 4.66. The van der Waals surface area contributed by atoms with Gasteiger partial charge in [0.1, 0.15) is 0 Å². The number of hydrogen-bond donors (Lipinski definition) is 0. The van der Waals surface area contributed by atoms with Crippen LogP contribution >= 0.6 is 0 Å². The standard InChI is InChI=1S/C23H23NO2/c1-4-5-12-26-23(25)19-14-16-11-10-15(2)13-18(16)21-17-8-6-7-9-20(17)24(3)22(19)21/h6-11,13-14H,4-5,12H2,1-3H3. The van der Waals surface area contributed by atoms with Crippen molar-refractivity contribution in [2.24, 2.45) is 7.05 Å². The minimum absolute atomic E-state index is 0.239. The van der Waals surface area contributed by atoms with E-state index in [1.165, 1.54) is 16.3 Å². The zero-order valence-electron chi connectivity index (χ0n) is 15.5. The van der Waals surface area contributed by atoms with Gasteiger partial charge in [0.05, 0.1) is 17.7 Å². The molecule has 1 heterocycles. The zero-order valence-corrected chi connectivity index (χ0v) is 15.5. The summed E-state index contributed by atoms with van der Waals surface area (Å²) in [4.78, 5) is 12.8. The number of aryl methyl sites for hydroxylation is 2. The van der Waals surface area contributed by atoms with E-state index in [9.17, 15) is 4.79 Å². The Morgan fingerprint density at radius 1 is 1.08 bits per heavy atom. The highest BCUT2D eigenvalue weighted by Gasteiger charge is 2.20. The second kappa shape index (κ2) is 6.49. The Morgan fingerprint density at radius 3 is 2.69 bits per heavy atom. The Labute approximate surface area is 153 Å². The first-order valence-corrected chi connectivity index (χ1v) is 9.19. The van der Waals surface area contributed by atoms with E-state index in [2.05, 4.69) is 54.8 Å². The molecule has 0 atom stereocenters. The molecule has 0 saturated heterocycles. The molecule has 0 aliphatic carbocycles. The lowest BCUT2D eigenvalue weighted by Crippen LogP contribution is -2.08. The van der Waals surface area contributed by atoms with E-state index in [-0.39, 0.29) is 5.97 Å². The van der Waals surface area contributed by atoms with Crippen LogP contribution in [0.15, 0.2) is 48.5 Å². The van der Waals surface area contributed by atoms with E-state index in [4.69, 9.17) is 4.74 Å². The van der Waals surface area contributed by atoms with Gasteiger partial charge in [-0.25, -0.2) is 4.79 Å². The topological polar surface area (TPSA) is 31.2 Å². The van der Waals surface area contributed by atoms with Crippen LogP contribution in [-0.4, -0.2) is 17.1 Å². The number of aromatic nitrogens is 1. The Hall–Kier alpha value is -2.81. The van der Waals surface area contributed by atoms with Gasteiger partial charge in [0.15, 0.2) is 0 Å². The molecule has 0 aliphatic rings. The molecule has 3 aromatic carbocycles. The summed E-state index contributed by atoms with van der Waals surface area (Å²) >= 11 is 0. The van der Waals surface area contributed by atoms with E-state index >= 15 is 0 Å². The van der Waals surface area contributed by atoms with Crippen molar-refractivity contribution in [2.75, 3.05) is 6.61 Å². The molecule has 0 amide bonds. The molecular weight excluding hydrogens is 322 g/mol. The molecule has 3 heteroatoms. The quantitative estimate of drug-likeness (QED) is 0.348. The van der Waals surface area contributed by atoms with Crippen LogP contribution in [0.4, 0.5) is 0 Å². The van der Waals surface area contributed by atoms with Gasteiger partial charge in [-0.2, -0.15) is 0 Å². The first-order chi connectivity index (χ1) is 12.6. The molecule has 4 rings (SSSR count). The number of ether oxygens (including phenoxy) is 1. The fourth-order valence-electron chi connectivity index (χ4n) is 3.76. The molecular formula is C23H23NO2. The molecule has 0 saturated carbocycles. The third kappa shape index (κ3) is 2.55. The normalized spacial score (nSPS) is 11.5. The number of para-hydroxylation sites is 1. The lowest BCUT2D eigenvalue weighted by Gasteiger charge is -2.10. The first kappa shape index (κ1) is 16.6. The van der Waals surface area contributed by atoms with Gasteiger partial charge < -0.3 is 9.30 Å². The minimum Gasteiger partial charge on any atom is -0.462 e. The van der Waals surface area contributed by atoms with Gasteiger partial charge in [0, 0.05) is 23.3 Å². The predicted octanol–water partition coefficient (Wildman–Crippen LogP) is 5.75. The SMILES string of the molecule is CCCCOC(=O)c1cc2ccc(C)cc2c2c3ccccc3n(C)c12. The number of carbonyl (C=O) groups is 1. The van der Waals surface area contributed by atoms with Gasteiger partial charge in [-0.15, -0.1) is 0 Å². The fourth-order valence-corrected chi connectivity index (χ4v) is 3.76. The number of unbranched alkanes of at least 4 members (excludes halogenated alkanes) is 1. The Balaban J connectivity index is 2.08. The largest absolute Gasteiger partial charge is 0.462 e. The molecule has 0 radical (unpaired) electrons. The van der Waals surface area contributed by atoms with E-state index in [0.717, 1.165) is 34.6 Å². The van der Waals surface area contributed by atoms with Crippen LogP contribution in [0, 0.1) is 6.92 Å². The maximum atomic E-state index is 12.8. The molecule has 0 aliphatic heterocycles. The summed E-state index contributed by atoms with van der Waals surface area (Å²) < 4.78 is 7.66. The molecule has 0 spiro atoms. The molecule has 1 aromatic heterocycles. The first-order valence-electron chi connectivity index (χ1n) is 9.19. The summed E-state index contributed by atoms with van der Waals surface area (Å²) in [5.74, 6) is -0.239. The second-order valence-corrected chi connectivity index (χ2v) is 6.94. The lowest BCUT2D eigenvalue weighted by atomic mass is 9.98. The monoisotopic (exact) mass is 345 g/mol. The minimum atomic E-state index is -0.239. The third-order valence-electron chi connectivity index (χ3n) is 5.09. The molecule has 0 bridgehead atoms. The molecule has 132 valence electrons. The Kier molecular flexibility index (Phi) is 4.15. The molecule has 0 fully saturated rings. The maximum Gasteiger partial charge on any atom is 0.340 e. The van der Waals surface area contributed by atoms with Crippen molar-refractivity contribution < 1.29 is 9.53 Å². The second-order valence-electron chi connectivity index (χ2n) is 6.94. The molecule has 3 nitrogen and oxygen atoms in total. The lowest BCUT2D eigenvalue weighted by molar-refractivity contribution is 0.0502. The van der Waals surface area contributed by atoms with Crippen molar-refractivity contribution in [1.29, 1.82) is 0 Å². The van der Waals surface area contributed by atoms with E-state index in [1.54, 1.807) is 0 Å². The number of esters is 1. The van der Waals surface area contributed by atoms with Gasteiger partial charge in [0.25, 0.3) is 0 Å². The fraction of sp³-hybridized carbons (Fsp3) is 0.261. The van der Waals surface area contributed by atoms with Crippen molar-refractivity contribution in [2.45, 2.75) is 26.7 Å². The number of fused-ring (bicyclic) bond motifs is 5. The highest BCUT2D eigenvalue weighted by molar-refractivity contribution is 6.25. The average Bonchev–Trinajstić information content (AvgIpc) is 2.95. The number of nitrogens with zero attached hydrogens (tertiary/aromatic N) is 1. The van der Waals surface area contributed by atoms with Crippen LogP contribution in [-0.2, 0) is 11.8 Å². The molecule has 4 aromatic rings. The van der Waals surface area contributed by atoms with Crippen molar-refractivity contribution in [3.63, 3.8) is 0 Å². The van der Waals surface area contributed by atoms with Crippen LogP contribution in [0.5, 0.6) is 0 Å². The van der Waals surface area contributed by atoms with Gasteiger partial charge in [-0.05, 0) is 36.2 Å². The Morgan fingerprint density at radius 2 is 1.88 bits per heavy atom. The Bertz CT molecular complexity index is 1140. The molecule has 26 heavy (non-hydrogen) atoms. The van der Waals surface area contributed by atoms with Crippen LogP contribution < -0.4 is 0 Å². The summed E-state index contributed by atoms with van der Waals surface area (Å²) in [5.41, 5.74) is 3.93. The smallest absolute Gasteiger partial charge is 0.340 e. The van der Waals surface area contributed by atoms with Gasteiger partial charge in [0.2, 0.25) is 0 Å². The van der Waals surface area contributed by atoms with Crippen LogP contribution in [0.1, 0.15) is 35.7 Å². The van der Waals surface area contributed by atoms with Gasteiger partial charge in [-0.3, -0.25) is 0 Å². The van der Waals surface area contributed by atoms with Crippen LogP contribution in [0.2, 0.25) is 0 Å². The van der Waals surface area contributed by atoms with Crippen LogP contribution in [0.25, 0.3) is 32.6 Å². The number of benzene rings is 3. The summed E-state index contributed by atoms with van der Waals surface area (Å²) in [6, 6.07) is 16.7. The van der Waals surface area contributed by atoms with Crippen LogP contribution in [0.3, 0.4) is 0 Å². The third-order valence-corrected chi connectivity index (χ3v) is 5.09. The predicted molar refractivity (Wildman–Crippen MR) is 108 cm³/mol. The van der Waals surface area contributed by atoms with E-state index in [0.29, 0.717) is 12.2 Å². The van der Waals surface area contributed by atoms with Crippen molar-refractivity contribution in [3.05, 3.63) is 59.7 Å². The highest BCUT2D eigenvalue weighted by atomic mass is 16.5. The average molecular weight is 345 g/mol. The number of hydrogen-bond acceptors (Lipinski definition) is 2. The summed E-state index contributed by atoms with van der Waals surface area (Å²) in [6.07, 6.45) is 1.89. The van der Waals surface area contributed by atoms with Crippen molar-refractivity contribution in [1.82, 2.24) is 4.57 Å². The number of carbonyl (C=O) groups excluding carboxylic acids is 1. The van der Waals surface area contributed by atoms with E-state index < -0.39 is 0 Å². The highest BCUT2D eigenvalue weighted by Crippen LogP contribution is 2.37. The zero-order chi connectivity index (χ0) is 18.3.